The molecule has 4 rings (SSSR count). The van der Waals surface area contributed by atoms with Crippen molar-refractivity contribution in [1.29, 1.82) is 0 Å². The van der Waals surface area contributed by atoms with E-state index in [1.807, 2.05) is 0 Å². The monoisotopic (exact) mass is 475 g/mol. The van der Waals surface area contributed by atoms with Gasteiger partial charge in [-0.3, -0.25) is 34.7 Å². The van der Waals surface area contributed by atoms with Crippen molar-refractivity contribution in [3.8, 4) is 5.75 Å². The van der Waals surface area contributed by atoms with Crippen LogP contribution < -0.4 is 9.64 Å². The van der Waals surface area contributed by atoms with Crippen molar-refractivity contribution in [2.75, 3.05) is 12.0 Å². The lowest BCUT2D eigenvalue weighted by molar-refractivity contribution is -0.385. The molecule has 0 bridgehead atoms. The molecule has 3 aromatic carbocycles. The van der Waals surface area contributed by atoms with Crippen LogP contribution >= 0.6 is 0 Å². The maximum atomic E-state index is 13.1. The third-order valence-electron chi connectivity index (χ3n) is 5.54. The Morgan fingerprint density at radius 3 is 2.11 bits per heavy atom. The number of methoxy groups -OCH3 is 1. The van der Waals surface area contributed by atoms with Crippen molar-refractivity contribution >= 4 is 34.5 Å². The molecule has 1 atom stereocenters. The van der Waals surface area contributed by atoms with Crippen LogP contribution in [0.2, 0.25) is 0 Å². The fourth-order valence-electron chi connectivity index (χ4n) is 3.86. The Morgan fingerprint density at radius 1 is 0.914 bits per heavy atom. The second-order valence-electron chi connectivity index (χ2n) is 7.52. The first kappa shape index (κ1) is 23.1. The highest BCUT2D eigenvalue weighted by Gasteiger charge is 2.47. The largest absolute Gasteiger partial charge is 0.507 e. The van der Waals surface area contributed by atoms with Gasteiger partial charge in [-0.2, -0.15) is 0 Å². The van der Waals surface area contributed by atoms with Gasteiger partial charge in [0.15, 0.2) is 0 Å². The summed E-state index contributed by atoms with van der Waals surface area (Å²) in [6.45, 7) is 0. The minimum Gasteiger partial charge on any atom is -0.507 e. The lowest BCUT2D eigenvalue weighted by atomic mass is 9.94. The Hall–Kier alpha value is -5.06. The van der Waals surface area contributed by atoms with E-state index in [4.69, 9.17) is 4.74 Å². The van der Waals surface area contributed by atoms with Gasteiger partial charge < -0.3 is 9.84 Å². The summed E-state index contributed by atoms with van der Waals surface area (Å²) in [5.41, 5.74) is -0.211. The molecule has 0 spiro atoms. The molecule has 0 unspecified atom stereocenters. The lowest BCUT2D eigenvalue weighted by Crippen LogP contribution is -2.29. The van der Waals surface area contributed by atoms with Gasteiger partial charge in [0, 0.05) is 35.5 Å². The van der Waals surface area contributed by atoms with E-state index in [1.165, 1.54) is 43.5 Å². The standard InChI is InChI=1S/C24H17N3O8/c1-35-19-11-9-16(10-12-19)25-21(15-3-2-4-18(13-15)27(33)34)20(23(29)24(25)30)22(28)14-5-7-17(8-6-14)26(31)32/h2-13,21,28H,1H3/t21-/m1/s1. The van der Waals surface area contributed by atoms with Crippen LogP contribution in [0.1, 0.15) is 17.2 Å². The van der Waals surface area contributed by atoms with E-state index in [0.717, 1.165) is 17.0 Å². The molecule has 0 saturated carbocycles. The molecule has 0 aromatic heterocycles. The smallest absolute Gasteiger partial charge is 0.300 e. The molecule has 11 heteroatoms. The highest BCUT2D eigenvalue weighted by atomic mass is 16.6. The number of anilines is 1. The molecular formula is C24H17N3O8. The van der Waals surface area contributed by atoms with E-state index in [-0.39, 0.29) is 28.1 Å². The van der Waals surface area contributed by atoms with Crippen molar-refractivity contribution in [2.45, 2.75) is 6.04 Å². The molecule has 1 N–H and O–H groups in total. The van der Waals surface area contributed by atoms with E-state index in [2.05, 4.69) is 0 Å². The van der Waals surface area contributed by atoms with Crippen LogP contribution in [0.15, 0.2) is 78.4 Å². The maximum Gasteiger partial charge on any atom is 0.300 e. The summed E-state index contributed by atoms with van der Waals surface area (Å²) in [7, 11) is 1.47. The summed E-state index contributed by atoms with van der Waals surface area (Å²) in [5, 5.41) is 33.4. The number of benzene rings is 3. The van der Waals surface area contributed by atoms with Crippen molar-refractivity contribution in [1.82, 2.24) is 0 Å². The normalized spacial score (nSPS) is 16.8. The Labute approximate surface area is 197 Å². The molecule has 176 valence electrons. The number of carbonyl (C=O) groups is 2. The molecule has 0 aliphatic carbocycles. The number of carbonyl (C=O) groups excluding carboxylic acids is 2. The number of ketones is 1. The van der Waals surface area contributed by atoms with Gasteiger partial charge in [-0.25, -0.2) is 0 Å². The highest BCUT2D eigenvalue weighted by molar-refractivity contribution is 6.51. The zero-order valence-electron chi connectivity index (χ0n) is 18.2. The molecule has 0 radical (unpaired) electrons. The van der Waals surface area contributed by atoms with Gasteiger partial charge in [0.1, 0.15) is 11.5 Å². The number of rotatable bonds is 6. The van der Waals surface area contributed by atoms with Crippen molar-refractivity contribution < 1.29 is 29.3 Å². The fraction of sp³-hybridized carbons (Fsp3) is 0.0833. The number of nitro benzene ring substituents is 2. The molecule has 1 amide bonds. The average Bonchev–Trinajstić information content (AvgIpc) is 3.14. The molecule has 1 aliphatic heterocycles. The van der Waals surface area contributed by atoms with E-state index in [9.17, 15) is 34.9 Å². The topological polar surface area (TPSA) is 153 Å². The summed E-state index contributed by atoms with van der Waals surface area (Å²) >= 11 is 0. The van der Waals surface area contributed by atoms with Crippen LogP contribution in [0, 0.1) is 20.2 Å². The third kappa shape index (κ3) is 4.17. The Bertz CT molecular complexity index is 1380. The highest BCUT2D eigenvalue weighted by Crippen LogP contribution is 2.43. The van der Waals surface area contributed by atoms with Crippen LogP contribution in [0.3, 0.4) is 0 Å². The van der Waals surface area contributed by atoms with Crippen molar-refractivity contribution in [2.24, 2.45) is 0 Å². The van der Waals surface area contributed by atoms with Crippen molar-refractivity contribution in [3.05, 3.63) is 110 Å². The summed E-state index contributed by atoms with van der Waals surface area (Å²) in [4.78, 5) is 48.5. The molecule has 3 aromatic rings. The predicted molar refractivity (Wildman–Crippen MR) is 124 cm³/mol. The number of aliphatic hydroxyl groups is 1. The number of non-ortho nitro benzene ring substituents is 2. The van der Waals surface area contributed by atoms with Crippen LogP contribution in [0.4, 0.5) is 17.1 Å². The number of hydrogen-bond donors (Lipinski definition) is 1. The van der Waals surface area contributed by atoms with Crippen LogP contribution in [-0.2, 0) is 9.59 Å². The van der Waals surface area contributed by atoms with E-state index in [1.54, 1.807) is 24.3 Å². The first-order valence-electron chi connectivity index (χ1n) is 10.2. The number of amides is 1. The van der Waals surface area contributed by atoms with E-state index >= 15 is 0 Å². The van der Waals surface area contributed by atoms with Gasteiger partial charge in [-0.1, -0.05) is 12.1 Å². The number of ether oxygens (including phenoxy) is 1. The van der Waals surface area contributed by atoms with Gasteiger partial charge >= 0.3 is 0 Å². The number of Topliss-reactive ketones (excluding diaryl/α,β-unsaturated/α-hetero) is 1. The minimum absolute atomic E-state index is 0.0683. The van der Waals surface area contributed by atoms with Crippen molar-refractivity contribution in [3.63, 3.8) is 0 Å². The Kier molecular flexibility index (Phi) is 5.98. The minimum atomic E-state index is -1.20. The predicted octanol–water partition coefficient (Wildman–Crippen LogP) is 4.14. The average molecular weight is 475 g/mol. The second-order valence-corrected chi connectivity index (χ2v) is 7.52. The molecule has 1 heterocycles. The van der Waals surface area contributed by atoms with E-state index < -0.39 is 33.3 Å². The summed E-state index contributed by atoms with van der Waals surface area (Å²) < 4.78 is 5.13. The SMILES string of the molecule is COc1ccc(N2C(=O)C(=O)C(=C(O)c3ccc([N+](=O)[O-])cc3)[C@H]2c2cccc([N+](=O)[O-])c2)cc1. The number of nitrogens with zero attached hydrogens (tertiary/aromatic N) is 3. The second kappa shape index (κ2) is 9.06. The third-order valence-corrected chi connectivity index (χ3v) is 5.54. The first-order valence-corrected chi connectivity index (χ1v) is 10.2. The molecule has 1 saturated heterocycles. The van der Waals surface area contributed by atoms with E-state index in [0.29, 0.717) is 11.4 Å². The van der Waals surface area contributed by atoms with Crippen LogP contribution in [0.5, 0.6) is 5.75 Å². The summed E-state index contributed by atoms with van der Waals surface area (Å²) in [5.74, 6) is -2.02. The van der Waals surface area contributed by atoms with Crippen LogP contribution in [0.25, 0.3) is 5.76 Å². The molecular weight excluding hydrogens is 458 g/mol. The molecule has 11 nitrogen and oxygen atoms in total. The Balaban J connectivity index is 1.93. The van der Waals surface area contributed by atoms with Gasteiger partial charge in [-0.15, -0.1) is 0 Å². The fourth-order valence-corrected chi connectivity index (χ4v) is 3.86. The summed E-state index contributed by atoms with van der Waals surface area (Å²) in [6, 6.07) is 15.2. The number of hydrogen-bond acceptors (Lipinski definition) is 8. The van der Waals surface area contributed by atoms with Gasteiger partial charge in [0.2, 0.25) is 0 Å². The van der Waals surface area contributed by atoms with Gasteiger partial charge in [0.25, 0.3) is 23.1 Å². The molecule has 35 heavy (non-hydrogen) atoms. The molecule has 1 fully saturated rings. The zero-order valence-corrected chi connectivity index (χ0v) is 18.2. The van der Waals surface area contributed by atoms with Gasteiger partial charge in [-0.05, 0) is 42.0 Å². The maximum absolute atomic E-state index is 13.1. The lowest BCUT2D eigenvalue weighted by Gasteiger charge is -2.25. The van der Waals surface area contributed by atoms with Crippen LogP contribution in [-0.4, -0.2) is 33.8 Å². The summed E-state index contributed by atoms with van der Waals surface area (Å²) in [6.07, 6.45) is 0. The first-order chi connectivity index (χ1) is 16.7. The molecule has 1 aliphatic rings. The number of nitro groups is 2. The zero-order chi connectivity index (χ0) is 25.3. The van der Waals surface area contributed by atoms with Gasteiger partial charge in [0.05, 0.1) is 28.6 Å². The Morgan fingerprint density at radius 2 is 1.54 bits per heavy atom. The number of aliphatic hydroxyl groups excluding tert-OH is 1. The quantitative estimate of drug-likeness (QED) is 0.183.